The van der Waals surface area contributed by atoms with E-state index in [0.29, 0.717) is 0 Å². The zero-order chi connectivity index (χ0) is 8.27. The average Bonchev–Trinajstić information content (AvgIpc) is 2.04. The highest BCUT2D eigenvalue weighted by Crippen LogP contribution is 2.20. The second-order valence-electron chi connectivity index (χ2n) is 2.41. The van der Waals surface area contributed by atoms with E-state index < -0.39 is 0 Å². The van der Waals surface area contributed by atoms with Crippen LogP contribution < -0.4 is 5.32 Å². The maximum atomic E-state index is 5.92. The van der Waals surface area contributed by atoms with Crippen molar-refractivity contribution >= 4 is 11.6 Å². The second-order valence-corrected chi connectivity index (χ2v) is 2.81. The third-order valence-corrected chi connectivity index (χ3v) is 2.04. The number of halogens is 1. The first kappa shape index (κ1) is 8.50. The van der Waals surface area contributed by atoms with Gasteiger partial charge >= 0.3 is 0 Å². The fourth-order valence-electron chi connectivity index (χ4n) is 0.864. The number of aromatic nitrogens is 1. The summed E-state index contributed by atoms with van der Waals surface area (Å²) in [4.78, 5) is 3.99. The molecule has 2 nitrogen and oxygen atoms in total. The summed E-state index contributed by atoms with van der Waals surface area (Å²) in [5.74, 6) is 0. The minimum atomic E-state index is 0.260. The van der Waals surface area contributed by atoms with E-state index in [1.807, 2.05) is 14.0 Å². The molecule has 0 bridgehead atoms. The minimum Gasteiger partial charge on any atom is -0.313 e. The highest BCUT2D eigenvalue weighted by Gasteiger charge is 2.05. The van der Waals surface area contributed by atoms with Crippen LogP contribution in [0.2, 0.25) is 5.02 Å². The molecule has 0 aliphatic carbocycles. The number of rotatable bonds is 2. The van der Waals surface area contributed by atoms with Crippen molar-refractivity contribution in [3.8, 4) is 0 Å². The highest BCUT2D eigenvalue weighted by atomic mass is 35.5. The maximum Gasteiger partial charge on any atom is 0.0484 e. The fraction of sp³-hybridized carbons (Fsp3) is 0.375. The molecule has 1 N–H and O–H groups in total. The van der Waals surface area contributed by atoms with Gasteiger partial charge in [0.05, 0.1) is 0 Å². The van der Waals surface area contributed by atoms with E-state index in [-0.39, 0.29) is 6.04 Å². The SMILES string of the molecule is CN[C@@H](C)c1cnccc1Cl. The van der Waals surface area contributed by atoms with Crippen molar-refractivity contribution < 1.29 is 0 Å². The normalized spacial score (nSPS) is 13.0. The molecule has 60 valence electrons. The van der Waals surface area contributed by atoms with Crippen LogP contribution in [0.1, 0.15) is 18.5 Å². The summed E-state index contributed by atoms with van der Waals surface area (Å²) in [5, 5.41) is 3.86. The average molecular weight is 171 g/mol. The molecule has 1 rings (SSSR count). The molecule has 0 aromatic carbocycles. The van der Waals surface area contributed by atoms with Crippen LogP contribution >= 0.6 is 11.6 Å². The molecular formula is C8H11ClN2. The first-order valence-electron chi connectivity index (χ1n) is 3.52. The molecule has 0 saturated carbocycles. The van der Waals surface area contributed by atoms with Gasteiger partial charge in [-0.1, -0.05) is 11.6 Å². The topological polar surface area (TPSA) is 24.9 Å². The Hall–Kier alpha value is -0.600. The van der Waals surface area contributed by atoms with Crippen LogP contribution in [0.25, 0.3) is 0 Å². The number of nitrogens with zero attached hydrogens (tertiary/aromatic N) is 1. The Kier molecular flexibility index (Phi) is 2.85. The van der Waals surface area contributed by atoms with Gasteiger partial charge in [-0.05, 0) is 20.0 Å². The lowest BCUT2D eigenvalue weighted by Gasteiger charge is -2.10. The fourth-order valence-corrected chi connectivity index (χ4v) is 1.13. The lowest BCUT2D eigenvalue weighted by atomic mass is 10.1. The molecule has 0 aliphatic heterocycles. The molecule has 11 heavy (non-hydrogen) atoms. The molecule has 0 unspecified atom stereocenters. The van der Waals surface area contributed by atoms with Crippen molar-refractivity contribution in [1.82, 2.24) is 10.3 Å². The van der Waals surface area contributed by atoms with Gasteiger partial charge in [-0.15, -0.1) is 0 Å². The van der Waals surface area contributed by atoms with E-state index in [1.165, 1.54) is 0 Å². The first-order valence-corrected chi connectivity index (χ1v) is 3.90. The summed E-state index contributed by atoms with van der Waals surface area (Å²) < 4.78 is 0. The van der Waals surface area contributed by atoms with Gasteiger partial charge in [-0.3, -0.25) is 4.98 Å². The monoisotopic (exact) mass is 170 g/mol. The Labute approximate surface area is 71.6 Å². The quantitative estimate of drug-likeness (QED) is 0.735. The first-order chi connectivity index (χ1) is 5.25. The van der Waals surface area contributed by atoms with Gasteiger partial charge in [-0.2, -0.15) is 0 Å². The van der Waals surface area contributed by atoms with E-state index >= 15 is 0 Å². The summed E-state index contributed by atoms with van der Waals surface area (Å²) in [7, 11) is 1.90. The van der Waals surface area contributed by atoms with Gasteiger partial charge in [0.2, 0.25) is 0 Å². The number of pyridine rings is 1. The summed E-state index contributed by atoms with van der Waals surface area (Å²) in [6.07, 6.45) is 3.47. The number of hydrogen-bond donors (Lipinski definition) is 1. The van der Waals surface area contributed by atoms with Crippen LogP contribution in [0.15, 0.2) is 18.5 Å². The van der Waals surface area contributed by atoms with Gasteiger partial charge < -0.3 is 5.32 Å². The molecule has 1 aromatic heterocycles. The van der Waals surface area contributed by atoms with E-state index in [9.17, 15) is 0 Å². The van der Waals surface area contributed by atoms with Crippen LogP contribution in [-0.4, -0.2) is 12.0 Å². The highest BCUT2D eigenvalue weighted by molar-refractivity contribution is 6.31. The number of nitrogens with one attached hydrogen (secondary N) is 1. The molecule has 0 radical (unpaired) electrons. The van der Waals surface area contributed by atoms with E-state index in [0.717, 1.165) is 10.6 Å². The molecule has 3 heteroatoms. The predicted molar refractivity (Wildman–Crippen MR) is 46.7 cm³/mol. The molecule has 0 saturated heterocycles. The van der Waals surface area contributed by atoms with Crippen molar-refractivity contribution in [3.63, 3.8) is 0 Å². The zero-order valence-electron chi connectivity index (χ0n) is 6.63. The van der Waals surface area contributed by atoms with E-state index in [2.05, 4.69) is 10.3 Å². The Morgan fingerprint density at radius 2 is 2.36 bits per heavy atom. The van der Waals surface area contributed by atoms with Crippen LogP contribution in [-0.2, 0) is 0 Å². The Morgan fingerprint density at radius 1 is 1.64 bits per heavy atom. The van der Waals surface area contributed by atoms with Crippen LogP contribution in [0.3, 0.4) is 0 Å². The van der Waals surface area contributed by atoms with Crippen molar-refractivity contribution in [1.29, 1.82) is 0 Å². The summed E-state index contributed by atoms with van der Waals surface area (Å²) in [6, 6.07) is 2.06. The molecule has 1 aromatic rings. The molecule has 0 aliphatic rings. The second kappa shape index (κ2) is 3.69. The van der Waals surface area contributed by atoms with Crippen LogP contribution in [0, 0.1) is 0 Å². The standard InChI is InChI=1S/C8H11ClN2/c1-6(10-2)7-5-11-4-3-8(7)9/h3-6,10H,1-2H3/t6-/m0/s1. The number of hydrogen-bond acceptors (Lipinski definition) is 2. The van der Waals surface area contributed by atoms with Gasteiger partial charge in [0.1, 0.15) is 0 Å². The van der Waals surface area contributed by atoms with E-state index in [4.69, 9.17) is 11.6 Å². The molecule has 1 atom stereocenters. The molecular weight excluding hydrogens is 160 g/mol. The van der Waals surface area contributed by atoms with Gasteiger partial charge in [-0.25, -0.2) is 0 Å². The Bertz CT molecular complexity index is 237. The summed E-state index contributed by atoms with van der Waals surface area (Å²) in [6.45, 7) is 2.04. The lowest BCUT2D eigenvalue weighted by Crippen LogP contribution is -2.12. The maximum absolute atomic E-state index is 5.92. The Balaban J connectivity index is 2.93. The van der Waals surface area contributed by atoms with Crippen molar-refractivity contribution in [2.24, 2.45) is 0 Å². The zero-order valence-corrected chi connectivity index (χ0v) is 7.39. The molecule has 0 spiro atoms. The Morgan fingerprint density at radius 3 is 2.91 bits per heavy atom. The molecule has 0 amide bonds. The van der Waals surface area contributed by atoms with Crippen LogP contribution in [0.5, 0.6) is 0 Å². The predicted octanol–water partition coefficient (Wildman–Crippen LogP) is 2.02. The van der Waals surface area contributed by atoms with Gasteiger partial charge in [0.15, 0.2) is 0 Å². The van der Waals surface area contributed by atoms with Crippen molar-refractivity contribution in [2.45, 2.75) is 13.0 Å². The summed E-state index contributed by atoms with van der Waals surface area (Å²) >= 11 is 5.92. The van der Waals surface area contributed by atoms with Crippen LogP contribution in [0.4, 0.5) is 0 Å². The lowest BCUT2D eigenvalue weighted by molar-refractivity contribution is 0.650. The van der Waals surface area contributed by atoms with Crippen molar-refractivity contribution in [2.75, 3.05) is 7.05 Å². The largest absolute Gasteiger partial charge is 0.313 e. The third-order valence-electron chi connectivity index (χ3n) is 1.70. The molecule has 1 heterocycles. The summed E-state index contributed by atoms with van der Waals surface area (Å²) in [5.41, 5.74) is 1.04. The minimum absolute atomic E-state index is 0.260. The van der Waals surface area contributed by atoms with Gasteiger partial charge in [0.25, 0.3) is 0 Å². The van der Waals surface area contributed by atoms with E-state index in [1.54, 1.807) is 18.5 Å². The van der Waals surface area contributed by atoms with Gasteiger partial charge in [0, 0.05) is 29.0 Å². The smallest absolute Gasteiger partial charge is 0.0484 e. The third kappa shape index (κ3) is 1.91. The molecule has 0 fully saturated rings. The van der Waals surface area contributed by atoms with Crippen molar-refractivity contribution in [3.05, 3.63) is 29.0 Å².